The first kappa shape index (κ1) is 25.0. The number of nitrogens with zero attached hydrogens (tertiary/aromatic N) is 6. The zero-order valence-electron chi connectivity index (χ0n) is 22.4. The summed E-state index contributed by atoms with van der Waals surface area (Å²) in [5, 5.41) is 11.5. The van der Waals surface area contributed by atoms with Gasteiger partial charge in [-0.15, -0.1) is 0 Å². The lowest BCUT2D eigenvalue weighted by atomic mass is 9.81. The SMILES string of the molecule is CN(C)CC1CCC(CNc2cc(Nc3ccnc(-c4cnn(C5CC5)c4)n3)nc(C3CC3)c2C=O)CC1. The molecular weight excluding hydrogens is 476 g/mol. The first-order valence-electron chi connectivity index (χ1n) is 14.1. The molecule has 3 aromatic rings. The Morgan fingerprint density at radius 3 is 2.53 bits per heavy atom. The highest BCUT2D eigenvalue weighted by molar-refractivity contribution is 5.87. The summed E-state index contributed by atoms with van der Waals surface area (Å²) in [6.45, 7) is 2.05. The van der Waals surface area contributed by atoms with Gasteiger partial charge in [-0.05, 0) is 83.4 Å². The molecule has 3 aromatic heterocycles. The van der Waals surface area contributed by atoms with E-state index in [1.807, 2.05) is 29.2 Å². The highest BCUT2D eigenvalue weighted by Gasteiger charge is 2.30. The molecule has 3 aliphatic carbocycles. The fourth-order valence-corrected chi connectivity index (χ4v) is 5.66. The summed E-state index contributed by atoms with van der Waals surface area (Å²) < 4.78 is 2.01. The van der Waals surface area contributed by atoms with Crippen LogP contribution in [0.2, 0.25) is 0 Å². The molecule has 0 spiro atoms. The van der Waals surface area contributed by atoms with E-state index in [0.29, 0.717) is 40.9 Å². The quantitative estimate of drug-likeness (QED) is 0.333. The maximum Gasteiger partial charge on any atom is 0.164 e. The van der Waals surface area contributed by atoms with Gasteiger partial charge in [0.05, 0.1) is 34.7 Å². The Morgan fingerprint density at radius 1 is 1.03 bits per heavy atom. The van der Waals surface area contributed by atoms with Crippen molar-refractivity contribution >= 4 is 23.6 Å². The van der Waals surface area contributed by atoms with Crippen molar-refractivity contribution in [1.82, 2.24) is 29.6 Å². The third-order valence-corrected chi connectivity index (χ3v) is 8.03. The van der Waals surface area contributed by atoms with Crippen molar-refractivity contribution in [1.29, 1.82) is 0 Å². The topological polar surface area (TPSA) is 101 Å². The summed E-state index contributed by atoms with van der Waals surface area (Å²) in [5.41, 5.74) is 3.37. The van der Waals surface area contributed by atoms with Crippen molar-refractivity contribution in [2.75, 3.05) is 37.8 Å². The van der Waals surface area contributed by atoms with Crippen molar-refractivity contribution < 1.29 is 4.79 Å². The summed E-state index contributed by atoms with van der Waals surface area (Å²) in [7, 11) is 4.32. The van der Waals surface area contributed by atoms with E-state index in [1.54, 1.807) is 6.20 Å². The lowest BCUT2D eigenvalue weighted by molar-refractivity contribution is 0.112. The average Bonchev–Trinajstić information content (AvgIpc) is 3.86. The number of hydrogen-bond donors (Lipinski definition) is 2. The molecule has 0 aliphatic heterocycles. The van der Waals surface area contributed by atoms with Crippen LogP contribution < -0.4 is 10.6 Å². The van der Waals surface area contributed by atoms with E-state index < -0.39 is 0 Å². The van der Waals surface area contributed by atoms with Gasteiger partial charge in [0.25, 0.3) is 0 Å². The fourth-order valence-electron chi connectivity index (χ4n) is 5.66. The van der Waals surface area contributed by atoms with Crippen LogP contribution in [0.3, 0.4) is 0 Å². The molecular formula is C29H38N8O. The Hall–Kier alpha value is -3.33. The van der Waals surface area contributed by atoms with Crippen molar-refractivity contribution in [3.63, 3.8) is 0 Å². The van der Waals surface area contributed by atoms with Gasteiger partial charge in [-0.3, -0.25) is 9.48 Å². The van der Waals surface area contributed by atoms with Gasteiger partial charge in [0.2, 0.25) is 0 Å². The molecule has 0 aromatic carbocycles. The van der Waals surface area contributed by atoms with E-state index in [2.05, 4.69) is 39.7 Å². The number of aromatic nitrogens is 5. The third kappa shape index (κ3) is 5.88. The Labute approximate surface area is 224 Å². The number of carbonyl (C=O) groups excluding carboxylic acids is 1. The minimum Gasteiger partial charge on any atom is -0.384 e. The van der Waals surface area contributed by atoms with Crippen LogP contribution in [0.4, 0.5) is 17.3 Å². The molecule has 3 heterocycles. The van der Waals surface area contributed by atoms with E-state index in [1.165, 1.54) is 45.1 Å². The van der Waals surface area contributed by atoms with Crippen LogP contribution in [0.5, 0.6) is 0 Å². The number of carbonyl (C=O) groups is 1. The molecule has 38 heavy (non-hydrogen) atoms. The molecule has 9 nitrogen and oxygen atoms in total. The minimum absolute atomic E-state index is 0.355. The van der Waals surface area contributed by atoms with Gasteiger partial charge in [-0.1, -0.05) is 0 Å². The smallest absolute Gasteiger partial charge is 0.164 e. The van der Waals surface area contributed by atoms with Crippen LogP contribution in [0, 0.1) is 11.8 Å². The van der Waals surface area contributed by atoms with E-state index in [4.69, 9.17) is 9.97 Å². The molecule has 0 bridgehead atoms. The maximum absolute atomic E-state index is 12.2. The van der Waals surface area contributed by atoms with Gasteiger partial charge in [-0.25, -0.2) is 15.0 Å². The molecule has 3 saturated carbocycles. The van der Waals surface area contributed by atoms with Crippen LogP contribution in [0.1, 0.15) is 79.4 Å². The Morgan fingerprint density at radius 2 is 1.82 bits per heavy atom. The Kier molecular flexibility index (Phi) is 7.10. The van der Waals surface area contributed by atoms with Gasteiger partial charge < -0.3 is 15.5 Å². The van der Waals surface area contributed by atoms with Gasteiger partial charge in [0.15, 0.2) is 12.1 Å². The lowest BCUT2D eigenvalue weighted by Crippen LogP contribution is -2.28. The predicted molar refractivity (Wildman–Crippen MR) is 149 cm³/mol. The fraction of sp³-hybridized carbons (Fsp3) is 0.552. The summed E-state index contributed by atoms with van der Waals surface area (Å²) in [6.07, 6.45) is 16.1. The predicted octanol–water partition coefficient (Wildman–Crippen LogP) is 5.28. The van der Waals surface area contributed by atoms with E-state index in [9.17, 15) is 4.79 Å². The summed E-state index contributed by atoms with van der Waals surface area (Å²) in [5.74, 6) is 3.79. The largest absolute Gasteiger partial charge is 0.384 e. The van der Waals surface area contributed by atoms with Gasteiger partial charge >= 0.3 is 0 Å². The molecule has 0 unspecified atom stereocenters. The number of aldehydes is 1. The molecule has 0 radical (unpaired) electrons. The molecule has 2 N–H and O–H groups in total. The number of nitrogens with one attached hydrogen (secondary N) is 2. The van der Waals surface area contributed by atoms with Gasteiger partial charge in [0, 0.05) is 37.5 Å². The van der Waals surface area contributed by atoms with Crippen molar-refractivity contribution in [2.45, 2.75) is 63.3 Å². The van der Waals surface area contributed by atoms with Crippen molar-refractivity contribution in [3.8, 4) is 11.4 Å². The Bertz CT molecular complexity index is 1270. The molecule has 3 aliphatic rings. The van der Waals surface area contributed by atoms with E-state index in [0.717, 1.165) is 48.5 Å². The van der Waals surface area contributed by atoms with Crippen LogP contribution in [0.25, 0.3) is 11.4 Å². The zero-order chi connectivity index (χ0) is 26.1. The molecule has 6 rings (SSSR count). The summed E-state index contributed by atoms with van der Waals surface area (Å²) in [4.78, 5) is 28.5. The third-order valence-electron chi connectivity index (χ3n) is 8.03. The first-order valence-corrected chi connectivity index (χ1v) is 14.1. The molecule has 0 amide bonds. The second-order valence-electron chi connectivity index (χ2n) is 11.6. The number of rotatable bonds is 11. The van der Waals surface area contributed by atoms with Crippen LogP contribution in [-0.2, 0) is 0 Å². The summed E-state index contributed by atoms with van der Waals surface area (Å²) in [6, 6.07) is 4.32. The van der Waals surface area contributed by atoms with Crippen LogP contribution in [0.15, 0.2) is 30.7 Å². The van der Waals surface area contributed by atoms with Crippen LogP contribution in [-0.4, -0.2) is 63.1 Å². The van der Waals surface area contributed by atoms with E-state index in [-0.39, 0.29) is 0 Å². The number of anilines is 3. The summed E-state index contributed by atoms with van der Waals surface area (Å²) >= 11 is 0. The standard InChI is InChI=1S/C29H38N8O/c1-36(2)16-20-5-3-19(4-6-20)14-31-25-13-27(34-28(21-7-8-21)24(25)18-38)33-26-11-12-30-29(35-26)22-15-32-37(17-22)23-9-10-23/h11-13,15,17-21,23H,3-10,14,16H2,1-2H3,(H2,30,31,33,34,35). The monoisotopic (exact) mass is 514 g/mol. The highest BCUT2D eigenvalue weighted by Crippen LogP contribution is 2.43. The van der Waals surface area contributed by atoms with Crippen molar-refractivity contribution in [2.24, 2.45) is 11.8 Å². The van der Waals surface area contributed by atoms with Gasteiger partial charge in [0.1, 0.15) is 11.6 Å². The lowest BCUT2D eigenvalue weighted by Gasteiger charge is -2.30. The normalized spacial score (nSPS) is 21.4. The number of hydrogen-bond acceptors (Lipinski definition) is 8. The van der Waals surface area contributed by atoms with Crippen molar-refractivity contribution in [3.05, 3.63) is 42.0 Å². The van der Waals surface area contributed by atoms with E-state index >= 15 is 0 Å². The van der Waals surface area contributed by atoms with Crippen LogP contribution >= 0.6 is 0 Å². The Balaban J connectivity index is 1.17. The number of pyridine rings is 1. The second kappa shape index (κ2) is 10.8. The molecule has 3 fully saturated rings. The first-order chi connectivity index (χ1) is 18.6. The zero-order valence-corrected chi connectivity index (χ0v) is 22.4. The molecule has 0 atom stereocenters. The average molecular weight is 515 g/mol. The van der Waals surface area contributed by atoms with Gasteiger partial charge in [-0.2, -0.15) is 5.10 Å². The molecule has 200 valence electrons. The second-order valence-corrected chi connectivity index (χ2v) is 11.6. The minimum atomic E-state index is 0.355. The molecule has 9 heteroatoms. The maximum atomic E-state index is 12.2. The highest BCUT2D eigenvalue weighted by atomic mass is 16.1. The molecule has 0 saturated heterocycles.